The van der Waals surface area contributed by atoms with Crippen LogP contribution in [0.25, 0.3) is 5.83 Å². The van der Waals surface area contributed by atoms with E-state index in [-0.39, 0.29) is 20.6 Å². The fraction of sp³-hybridized carbons (Fsp3) is 0.211. The summed E-state index contributed by atoms with van der Waals surface area (Å²) in [4.78, 5) is 11.4. The van der Waals surface area contributed by atoms with Crippen LogP contribution in [0.3, 0.4) is 0 Å². The molecule has 0 saturated carbocycles. The number of allylic oxidation sites excluding steroid dienone is 1. The molecule has 0 radical (unpaired) electrons. The Kier molecular flexibility index (Phi) is 7.31. The molecule has 0 saturated heterocycles. The fourth-order valence-corrected chi connectivity index (χ4v) is 3.54. The second-order valence-corrected chi connectivity index (χ2v) is 7.79. The summed E-state index contributed by atoms with van der Waals surface area (Å²) in [6.07, 6.45) is -9.86. The van der Waals surface area contributed by atoms with Crippen molar-refractivity contribution in [1.82, 2.24) is 0 Å². The summed E-state index contributed by atoms with van der Waals surface area (Å²) in [5.41, 5.74) is -3.41. The molecule has 0 aliphatic rings. The van der Waals surface area contributed by atoms with Gasteiger partial charge in [-0.15, -0.1) is 0 Å². The number of halogens is 10. The van der Waals surface area contributed by atoms with E-state index in [1.807, 2.05) is 0 Å². The Balaban J connectivity index is 2.62. The molecule has 2 aromatic carbocycles. The first-order chi connectivity index (χ1) is 13.6. The molecule has 1 nitrogen and oxygen atoms in total. The molecule has 0 spiro atoms. The van der Waals surface area contributed by atoms with E-state index >= 15 is 0 Å². The van der Waals surface area contributed by atoms with E-state index in [4.69, 9.17) is 23.2 Å². The standard InChI is InChI=1S/C19H10BrCl2F7O/c1-8(30)11-3-2-9(4-13(11)19(27,28)29)16(23)7-12(18(24,25)26)10-5-14(20)17(22)15(21)6-10/h2-7,12H,1H3/b16-7-. The minimum absolute atomic E-state index is 0.0277. The third-order valence-corrected chi connectivity index (χ3v) is 5.67. The van der Waals surface area contributed by atoms with Crippen molar-refractivity contribution in [2.45, 2.75) is 25.2 Å². The van der Waals surface area contributed by atoms with Gasteiger partial charge in [0.1, 0.15) is 11.7 Å². The number of rotatable bonds is 4. The van der Waals surface area contributed by atoms with Gasteiger partial charge in [-0.2, -0.15) is 26.3 Å². The molecular formula is C19H10BrCl2F7O. The fourth-order valence-electron chi connectivity index (χ4n) is 2.61. The number of benzene rings is 2. The summed E-state index contributed by atoms with van der Waals surface area (Å²) < 4.78 is 94.9. The first kappa shape index (κ1) is 24.7. The third kappa shape index (κ3) is 5.56. The molecule has 0 aliphatic carbocycles. The van der Waals surface area contributed by atoms with Crippen LogP contribution in [0.4, 0.5) is 30.7 Å². The molecule has 0 fully saturated rings. The molecule has 0 amide bonds. The Morgan fingerprint density at radius 1 is 1.07 bits per heavy atom. The number of Topliss-reactive ketones (excluding diaryl/α,β-unsaturated/α-hetero) is 1. The molecule has 11 heteroatoms. The van der Waals surface area contributed by atoms with Gasteiger partial charge in [-0.3, -0.25) is 4.79 Å². The molecule has 1 atom stereocenters. The highest BCUT2D eigenvalue weighted by Crippen LogP contribution is 2.42. The summed E-state index contributed by atoms with van der Waals surface area (Å²) in [5.74, 6) is -5.00. The SMILES string of the molecule is CC(=O)c1ccc(/C(F)=C/C(c2cc(Cl)c(Cl)c(Br)c2)C(F)(F)F)cc1C(F)(F)F. The van der Waals surface area contributed by atoms with Crippen LogP contribution in [0.5, 0.6) is 0 Å². The lowest BCUT2D eigenvalue weighted by atomic mass is 9.95. The van der Waals surface area contributed by atoms with Gasteiger partial charge >= 0.3 is 12.4 Å². The van der Waals surface area contributed by atoms with Crippen LogP contribution in [0, 0.1) is 0 Å². The molecule has 0 aromatic heterocycles. The maximum atomic E-state index is 14.6. The van der Waals surface area contributed by atoms with Crippen LogP contribution in [0.2, 0.25) is 10.0 Å². The minimum Gasteiger partial charge on any atom is -0.294 e. The van der Waals surface area contributed by atoms with E-state index in [0.717, 1.165) is 25.1 Å². The zero-order chi connectivity index (χ0) is 23.0. The van der Waals surface area contributed by atoms with Crippen molar-refractivity contribution in [3.8, 4) is 0 Å². The van der Waals surface area contributed by atoms with Crippen LogP contribution in [-0.4, -0.2) is 12.0 Å². The van der Waals surface area contributed by atoms with Gasteiger partial charge in [0.15, 0.2) is 5.78 Å². The molecule has 0 aliphatic heterocycles. The number of carbonyl (C=O) groups excluding carboxylic acids is 1. The molecule has 2 rings (SSSR count). The first-order valence-corrected chi connectivity index (χ1v) is 9.48. The highest BCUT2D eigenvalue weighted by molar-refractivity contribution is 9.10. The highest BCUT2D eigenvalue weighted by atomic mass is 79.9. The Morgan fingerprint density at radius 2 is 1.67 bits per heavy atom. The molecule has 0 heterocycles. The molecule has 30 heavy (non-hydrogen) atoms. The largest absolute Gasteiger partial charge is 0.417 e. The summed E-state index contributed by atoms with van der Waals surface area (Å²) in [6, 6.07) is 3.68. The van der Waals surface area contributed by atoms with Gasteiger partial charge < -0.3 is 0 Å². The van der Waals surface area contributed by atoms with Gasteiger partial charge in [0.05, 0.1) is 15.6 Å². The number of hydrogen-bond donors (Lipinski definition) is 0. The van der Waals surface area contributed by atoms with E-state index in [9.17, 15) is 35.5 Å². The lowest BCUT2D eigenvalue weighted by Crippen LogP contribution is -2.19. The molecule has 1 unspecified atom stereocenters. The van der Waals surface area contributed by atoms with E-state index in [0.29, 0.717) is 12.1 Å². The molecule has 162 valence electrons. The summed E-state index contributed by atoms with van der Waals surface area (Å²) >= 11 is 14.5. The van der Waals surface area contributed by atoms with Crippen LogP contribution in [0.1, 0.15) is 39.9 Å². The van der Waals surface area contributed by atoms with Crippen LogP contribution < -0.4 is 0 Å². The number of ketones is 1. The highest BCUT2D eigenvalue weighted by Gasteiger charge is 2.41. The Bertz CT molecular complexity index is 990. The van der Waals surface area contributed by atoms with E-state index in [1.165, 1.54) is 0 Å². The topological polar surface area (TPSA) is 17.1 Å². The molecule has 0 N–H and O–H groups in total. The van der Waals surface area contributed by atoms with Crippen LogP contribution >= 0.6 is 39.1 Å². The average Bonchev–Trinajstić information content (AvgIpc) is 2.61. The number of alkyl halides is 6. The quantitative estimate of drug-likeness (QED) is 0.217. The maximum absolute atomic E-state index is 14.6. The van der Waals surface area contributed by atoms with E-state index in [1.54, 1.807) is 0 Å². The van der Waals surface area contributed by atoms with Crippen LogP contribution in [0.15, 0.2) is 40.9 Å². The van der Waals surface area contributed by atoms with Crippen LogP contribution in [-0.2, 0) is 6.18 Å². The third-order valence-electron chi connectivity index (χ3n) is 4.01. The van der Waals surface area contributed by atoms with Crippen molar-refractivity contribution in [3.63, 3.8) is 0 Å². The van der Waals surface area contributed by atoms with Gasteiger partial charge in [-0.25, -0.2) is 4.39 Å². The Labute approximate surface area is 184 Å². The summed E-state index contributed by atoms with van der Waals surface area (Å²) in [5, 5.41) is -0.283. The van der Waals surface area contributed by atoms with Crippen molar-refractivity contribution in [2.75, 3.05) is 0 Å². The normalized spacial score (nSPS) is 14.0. The van der Waals surface area contributed by atoms with E-state index in [2.05, 4.69) is 15.9 Å². The predicted octanol–water partition coefficient (Wildman–Crippen LogP) is 8.63. The smallest absolute Gasteiger partial charge is 0.294 e. The zero-order valence-corrected chi connectivity index (χ0v) is 17.8. The monoisotopic (exact) mass is 536 g/mol. The summed E-state index contributed by atoms with van der Waals surface area (Å²) in [6.45, 7) is 0.887. The second kappa shape index (κ2) is 8.88. The van der Waals surface area contributed by atoms with Gasteiger partial charge in [0.25, 0.3) is 0 Å². The molecule has 0 bridgehead atoms. The van der Waals surface area contributed by atoms with Gasteiger partial charge in [0.2, 0.25) is 0 Å². The molecular weight excluding hydrogens is 528 g/mol. The average molecular weight is 538 g/mol. The molecule has 2 aromatic rings. The van der Waals surface area contributed by atoms with Crippen molar-refractivity contribution in [2.24, 2.45) is 0 Å². The van der Waals surface area contributed by atoms with Gasteiger partial charge in [-0.05, 0) is 52.7 Å². The second-order valence-electron chi connectivity index (χ2n) is 6.15. The lowest BCUT2D eigenvalue weighted by molar-refractivity contribution is -0.140. The Morgan fingerprint density at radius 3 is 2.13 bits per heavy atom. The number of carbonyl (C=O) groups is 1. The Hall–Kier alpha value is -1.58. The number of hydrogen-bond acceptors (Lipinski definition) is 1. The van der Waals surface area contributed by atoms with Crippen molar-refractivity contribution >= 4 is 50.7 Å². The summed E-state index contributed by atoms with van der Waals surface area (Å²) in [7, 11) is 0. The maximum Gasteiger partial charge on any atom is 0.417 e. The van der Waals surface area contributed by atoms with Crippen molar-refractivity contribution < 1.29 is 35.5 Å². The van der Waals surface area contributed by atoms with Crippen molar-refractivity contribution in [1.29, 1.82) is 0 Å². The lowest BCUT2D eigenvalue weighted by Gasteiger charge is -2.19. The van der Waals surface area contributed by atoms with Crippen molar-refractivity contribution in [3.05, 3.63) is 73.2 Å². The first-order valence-electron chi connectivity index (χ1n) is 7.94. The minimum atomic E-state index is -5.00. The zero-order valence-electron chi connectivity index (χ0n) is 14.7. The predicted molar refractivity (Wildman–Crippen MR) is 103 cm³/mol. The van der Waals surface area contributed by atoms with Gasteiger partial charge in [-0.1, -0.05) is 35.3 Å². The van der Waals surface area contributed by atoms with E-state index < -0.39 is 52.1 Å². The van der Waals surface area contributed by atoms with Gasteiger partial charge in [0, 0.05) is 15.6 Å².